The molecule has 0 bridgehead atoms. The predicted molar refractivity (Wildman–Crippen MR) is 95.0 cm³/mol. The Balaban J connectivity index is 2.59. The van der Waals surface area contributed by atoms with Crippen LogP contribution in [0.5, 0.6) is 5.75 Å². The van der Waals surface area contributed by atoms with Gasteiger partial charge in [-0.1, -0.05) is 45.2 Å². The van der Waals surface area contributed by atoms with E-state index in [1.54, 1.807) is 6.92 Å². The minimum Gasteiger partial charge on any atom is -0.512 e. The first kappa shape index (κ1) is 19.3. The van der Waals surface area contributed by atoms with Crippen molar-refractivity contribution in [3.8, 4) is 5.75 Å². The number of hydrogen-bond donors (Lipinski definition) is 1. The molecule has 3 heteroatoms. The molecular weight excluding hydrogens is 288 g/mol. The molecule has 1 aromatic carbocycles. The van der Waals surface area contributed by atoms with Gasteiger partial charge in [-0.2, -0.15) is 0 Å². The summed E-state index contributed by atoms with van der Waals surface area (Å²) in [5.74, 6) is 1.48. The number of hydrogen-bond acceptors (Lipinski definition) is 3. The summed E-state index contributed by atoms with van der Waals surface area (Å²) in [6, 6.07) is 7.78. The number of aliphatic hydroxyl groups excluding tert-OH is 1. The number of Topliss-reactive ketones (excluding diaryl/α,β-unsaturated/α-hetero) is 1. The Labute approximate surface area is 140 Å². The van der Waals surface area contributed by atoms with Crippen LogP contribution in [0.15, 0.2) is 35.6 Å². The van der Waals surface area contributed by atoms with E-state index in [2.05, 4.69) is 13.8 Å². The topological polar surface area (TPSA) is 46.5 Å². The van der Waals surface area contributed by atoms with E-state index in [1.807, 2.05) is 24.3 Å². The molecule has 128 valence electrons. The summed E-state index contributed by atoms with van der Waals surface area (Å²) in [5.41, 5.74) is 1.46. The van der Waals surface area contributed by atoms with Crippen molar-refractivity contribution in [2.75, 3.05) is 6.61 Å². The number of rotatable bonds is 10. The third-order valence-corrected chi connectivity index (χ3v) is 4.19. The van der Waals surface area contributed by atoms with Crippen molar-refractivity contribution in [3.63, 3.8) is 0 Å². The van der Waals surface area contributed by atoms with Crippen molar-refractivity contribution in [1.82, 2.24) is 0 Å². The maximum Gasteiger partial charge on any atom is 0.159 e. The maximum atomic E-state index is 11.5. The van der Waals surface area contributed by atoms with Crippen molar-refractivity contribution in [1.29, 1.82) is 0 Å². The van der Waals surface area contributed by atoms with Crippen molar-refractivity contribution >= 4 is 5.78 Å². The normalized spacial score (nSPS) is 13.4. The molecule has 0 fully saturated rings. The van der Waals surface area contributed by atoms with Crippen LogP contribution in [0.4, 0.5) is 0 Å². The Kier molecular flexibility index (Phi) is 8.46. The molecular formula is C20H30O3. The molecule has 1 N–H and O–H groups in total. The lowest BCUT2D eigenvalue weighted by atomic mass is 10.0. The minimum atomic E-state index is -0.0907. The zero-order valence-electron chi connectivity index (χ0n) is 14.9. The summed E-state index contributed by atoms with van der Waals surface area (Å²) < 4.78 is 5.88. The number of allylic oxidation sites excluding steroid dienone is 2. The molecule has 1 unspecified atom stereocenters. The second-order valence-corrected chi connectivity index (χ2v) is 6.17. The van der Waals surface area contributed by atoms with Gasteiger partial charge in [0.15, 0.2) is 5.78 Å². The van der Waals surface area contributed by atoms with E-state index in [1.165, 1.54) is 26.2 Å². The molecule has 0 aliphatic heterocycles. The van der Waals surface area contributed by atoms with Crippen LogP contribution < -0.4 is 4.74 Å². The lowest BCUT2D eigenvalue weighted by molar-refractivity contribution is -0.113. The summed E-state index contributed by atoms with van der Waals surface area (Å²) in [4.78, 5) is 11.5. The molecule has 0 aliphatic carbocycles. The van der Waals surface area contributed by atoms with E-state index in [0.29, 0.717) is 17.9 Å². The van der Waals surface area contributed by atoms with Gasteiger partial charge in [0, 0.05) is 12.0 Å². The molecule has 1 aromatic rings. The lowest BCUT2D eigenvalue weighted by Crippen LogP contribution is -2.11. The monoisotopic (exact) mass is 318 g/mol. The maximum absolute atomic E-state index is 11.5. The van der Waals surface area contributed by atoms with Crippen molar-refractivity contribution in [2.24, 2.45) is 5.92 Å². The SMILES string of the molecule is CCCCC(CC)COc1ccc(C/C(C(C)=O)=C(\C)O)cc1. The number of aliphatic hydroxyl groups is 1. The highest BCUT2D eigenvalue weighted by Gasteiger charge is 2.10. The fraction of sp³-hybridized carbons (Fsp3) is 0.550. The Bertz CT molecular complexity index is 510. The van der Waals surface area contributed by atoms with Gasteiger partial charge in [0.25, 0.3) is 0 Å². The van der Waals surface area contributed by atoms with E-state index >= 15 is 0 Å². The smallest absolute Gasteiger partial charge is 0.159 e. The molecule has 1 rings (SSSR count). The van der Waals surface area contributed by atoms with Gasteiger partial charge in [-0.05, 0) is 43.9 Å². The largest absolute Gasteiger partial charge is 0.512 e. The average Bonchev–Trinajstić information content (AvgIpc) is 2.53. The number of carbonyl (C=O) groups excluding carboxylic acids is 1. The zero-order chi connectivity index (χ0) is 17.2. The molecule has 0 radical (unpaired) electrons. The van der Waals surface area contributed by atoms with Gasteiger partial charge in [0.05, 0.1) is 12.4 Å². The van der Waals surface area contributed by atoms with Crippen LogP contribution in [0.1, 0.15) is 58.9 Å². The highest BCUT2D eigenvalue weighted by Crippen LogP contribution is 2.19. The number of carbonyl (C=O) groups is 1. The second-order valence-electron chi connectivity index (χ2n) is 6.17. The molecule has 23 heavy (non-hydrogen) atoms. The first-order valence-corrected chi connectivity index (χ1v) is 8.59. The zero-order valence-corrected chi connectivity index (χ0v) is 14.9. The third-order valence-electron chi connectivity index (χ3n) is 4.19. The lowest BCUT2D eigenvalue weighted by Gasteiger charge is -2.15. The highest BCUT2D eigenvalue weighted by atomic mass is 16.5. The first-order valence-electron chi connectivity index (χ1n) is 8.59. The fourth-order valence-corrected chi connectivity index (χ4v) is 2.53. The van der Waals surface area contributed by atoms with Crippen molar-refractivity contribution in [3.05, 3.63) is 41.2 Å². The van der Waals surface area contributed by atoms with E-state index in [4.69, 9.17) is 4.74 Å². The van der Waals surface area contributed by atoms with Gasteiger partial charge in [-0.3, -0.25) is 4.79 Å². The summed E-state index contributed by atoms with van der Waals surface area (Å²) in [7, 11) is 0. The van der Waals surface area contributed by atoms with Gasteiger partial charge >= 0.3 is 0 Å². The quantitative estimate of drug-likeness (QED) is 0.473. The van der Waals surface area contributed by atoms with E-state index in [-0.39, 0.29) is 11.5 Å². The average molecular weight is 318 g/mol. The third kappa shape index (κ3) is 6.89. The second kappa shape index (κ2) is 10.1. The Morgan fingerprint density at radius 1 is 1.17 bits per heavy atom. The molecule has 1 atom stereocenters. The summed E-state index contributed by atoms with van der Waals surface area (Å²) in [5, 5.41) is 9.58. The van der Waals surface area contributed by atoms with E-state index < -0.39 is 0 Å². The number of benzene rings is 1. The van der Waals surface area contributed by atoms with E-state index in [0.717, 1.165) is 24.3 Å². The van der Waals surface area contributed by atoms with Gasteiger partial charge in [0.2, 0.25) is 0 Å². The number of ether oxygens (including phenoxy) is 1. The predicted octanol–water partition coefficient (Wildman–Crippen LogP) is 5.25. The number of ketones is 1. The summed E-state index contributed by atoms with van der Waals surface area (Å²) in [6.07, 6.45) is 5.28. The first-order chi connectivity index (χ1) is 11.0. The fourth-order valence-electron chi connectivity index (χ4n) is 2.53. The van der Waals surface area contributed by atoms with E-state index in [9.17, 15) is 9.90 Å². The van der Waals surface area contributed by atoms with Crippen LogP contribution in [-0.4, -0.2) is 17.5 Å². The van der Waals surface area contributed by atoms with Crippen LogP contribution in [0.25, 0.3) is 0 Å². The molecule has 3 nitrogen and oxygen atoms in total. The Hall–Kier alpha value is -1.77. The molecule has 0 aromatic heterocycles. The molecule has 0 aliphatic rings. The highest BCUT2D eigenvalue weighted by molar-refractivity contribution is 5.94. The molecule has 0 saturated heterocycles. The summed E-state index contributed by atoms with van der Waals surface area (Å²) in [6.45, 7) is 8.21. The van der Waals surface area contributed by atoms with Gasteiger partial charge in [-0.15, -0.1) is 0 Å². The minimum absolute atomic E-state index is 0.0907. The van der Waals surface area contributed by atoms with Crippen LogP contribution in [0, 0.1) is 5.92 Å². The van der Waals surface area contributed by atoms with Crippen LogP contribution in [0.3, 0.4) is 0 Å². The van der Waals surface area contributed by atoms with Crippen molar-refractivity contribution in [2.45, 2.75) is 59.8 Å². The van der Waals surface area contributed by atoms with Crippen molar-refractivity contribution < 1.29 is 14.6 Å². The van der Waals surface area contributed by atoms with Crippen LogP contribution in [-0.2, 0) is 11.2 Å². The van der Waals surface area contributed by atoms with Gasteiger partial charge in [-0.25, -0.2) is 0 Å². The van der Waals surface area contributed by atoms with Gasteiger partial charge < -0.3 is 9.84 Å². The molecule has 0 amide bonds. The van der Waals surface area contributed by atoms with Crippen LogP contribution >= 0.6 is 0 Å². The summed E-state index contributed by atoms with van der Waals surface area (Å²) >= 11 is 0. The molecule has 0 heterocycles. The Morgan fingerprint density at radius 2 is 1.83 bits per heavy atom. The standard InChI is InChI=1S/C20H30O3/c1-5-7-8-17(6-2)14-23-19-11-9-18(10-12-19)13-20(15(3)21)16(4)22/h9-12,17,21H,5-8,13-14H2,1-4H3/b20-15-. The Morgan fingerprint density at radius 3 is 2.30 bits per heavy atom. The number of unbranched alkanes of at least 4 members (excludes halogenated alkanes) is 1. The molecule has 0 spiro atoms. The van der Waals surface area contributed by atoms with Crippen LogP contribution in [0.2, 0.25) is 0 Å². The van der Waals surface area contributed by atoms with Gasteiger partial charge in [0.1, 0.15) is 5.75 Å². The molecule has 0 saturated carbocycles.